The van der Waals surface area contributed by atoms with Crippen LogP contribution in [0, 0.1) is 0 Å². The van der Waals surface area contributed by atoms with Crippen molar-refractivity contribution in [2.75, 3.05) is 0 Å². The Morgan fingerprint density at radius 2 is 1.95 bits per heavy atom. The van der Waals surface area contributed by atoms with E-state index in [1.807, 2.05) is 0 Å². The number of rotatable bonds is 3. The second kappa shape index (κ2) is 5.36. The van der Waals surface area contributed by atoms with Crippen molar-refractivity contribution in [3.05, 3.63) is 40.8 Å². The Morgan fingerprint density at radius 3 is 2.47 bits per heavy atom. The summed E-state index contributed by atoms with van der Waals surface area (Å²) in [5.41, 5.74) is 1.72. The number of benzene rings is 1. The van der Waals surface area contributed by atoms with Gasteiger partial charge < -0.3 is 10.9 Å². The van der Waals surface area contributed by atoms with E-state index in [0.717, 1.165) is 0 Å². The fourth-order valence-corrected chi connectivity index (χ4v) is 2.67. The molecule has 0 radical (unpaired) electrons. The topological polar surface area (TPSA) is 58.6 Å². The van der Waals surface area contributed by atoms with E-state index in [1.165, 1.54) is 23.5 Å². The van der Waals surface area contributed by atoms with Crippen molar-refractivity contribution < 1.29 is 13.9 Å². The number of halogens is 2. The Hall–Kier alpha value is -1.95. The summed E-state index contributed by atoms with van der Waals surface area (Å²) in [6, 6.07) is 5.82. The minimum atomic E-state index is -2.49. The van der Waals surface area contributed by atoms with Crippen molar-refractivity contribution in [3.63, 3.8) is 0 Å². The molecule has 0 aliphatic heterocycles. The maximum Gasteiger partial charge on any atom is 0.263 e. The van der Waals surface area contributed by atoms with Crippen LogP contribution in [0.15, 0.2) is 34.7 Å². The van der Waals surface area contributed by atoms with Gasteiger partial charge in [-0.3, -0.25) is 0 Å². The van der Waals surface area contributed by atoms with Crippen molar-refractivity contribution >= 4 is 17.0 Å². The molecule has 0 atom stereocenters. The van der Waals surface area contributed by atoms with Crippen LogP contribution in [0.3, 0.4) is 0 Å². The molecule has 1 aromatic carbocycles. The van der Waals surface area contributed by atoms with E-state index < -0.39 is 6.43 Å². The third-order valence-electron chi connectivity index (χ3n) is 2.77. The molecule has 0 saturated carbocycles. The first-order chi connectivity index (χ1) is 9.04. The highest BCUT2D eigenvalue weighted by atomic mass is 32.1. The van der Waals surface area contributed by atoms with Crippen LogP contribution >= 0.6 is 11.3 Å². The van der Waals surface area contributed by atoms with Crippen molar-refractivity contribution in [2.24, 2.45) is 10.9 Å². The summed E-state index contributed by atoms with van der Waals surface area (Å²) >= 11 is 1.31. The van der Waals surface area contributed by atoms with Gasteiger partial charge in [0.1, 0.15) is 5.75 Å². The molecule has 3 N–H and O–H groups in total. The predicted octanol–water partition coefficient (Wildman–Crippen LogP) is 3.74. The Bertz CT molecular complexity index is 606. The molecule has 19 heavy (non-hydrogen) atoms. The summed E-state index contributed by atoms with van der Waals surface area (Å²) in [5, 5.41) is 15.3. The monoisotopic (exact) mass is 282 g/mol. The average molecular weight is 282 g/mol. The van der Waals surface area contributed by atoms with E-state index >= 15 is 0 Å². The lowest BCUT2D eigenvalue weighted by molar-refractivity contribution is 0.151. The molecular weight excluding hydrogens is 270 g/mol. The second-order valence-electron chi connectivity index (χ2n) is 3.96. The molecule has 1 heterocycles. The Labute approximate surface area is 113 Å². The maximum atomic E-state index is 12.5. The van der Waals surface area contributed by atoms with Gasteiger partial charge in [-0.1, -0.05) is 24.3 Å². The number of nitrogens with zero attached hydrogens (tertiary/aromatic N) is 1. The normalized spacial score (nSPS) is 12.1. The summed E-state index contributed by atoms with van der Waals surface area (Å²) in [7, 11) is 0. The third kappa shape index (κ3) is 2.58. The lowest BCUT2D eigenvalue weighted by Gasteiger charge is -2.03. The van der Waals surface area contributed by atoms with Crippen molar-refractivity contribution in [1.82, 2.24) is 0 Å². The number of aromatic hydroxyl groups is 1. The molecule has 0 fully saturated rings. The van der Waals surface area contributed by atoms with Crippen LogP contribution < -0.4 is 5.84 Å². The zero-order chi connectivity index (χ0) is 14.0. The van der Waals surface area contributed by atoms with E-state index in [4.69, 9.17) is 5.84 Å². The van der Waals surface area contributed by atoms with Crippen molar-refractivity contribution in [2.45, 2.75) is 13.3 Å². The molecule has 0 saturated heterocycles. The zero-order valence-electron chi connectivity index (χ0n) is 10.1. The molecular formula is C13H12F2N2OS. The van der Waals surface area contributed by atoms with Gasteiger partial charge in [0.2, 0.25) is 0 Å². The van der Waals surface area contributed by atoms with Crippen LogP contribution in [0.4, 0.5) is 8.78 Å². The van der Waals surface area contributed by atoms with E-state index in [-0.39, 0.29) is 11.3 Å². The van der Waals surface area contributed by atoms with Gasteiger partial charge in [-0.2, -0.15) is 5.10 Å². The number of alkyl halides is 2. The molecule has 0 aliphatic rings. The Morgan fingerprint density at radius 1 is 1.32 bits per heavy atom. The van der Waals surface area contributed by atoms with Gasteiger partial charge >= 0.3 is 0 Å². The highest BCUT2D eigenvalue weighted by Gasteiger charge is 2.15. The van der Waals surface area contributed by atoms with Crippen LogP contribution in [0.2, 0.25) is 0 Å². The second-order valence-corrected chi connectivity index (χ2v) is 4.84. The lowest BCUT2D eigenvalue weighted by atomic mass is 10.1. The molecule has 3 nitrogen and oxygen atoms in total. The Balaban J connectivity index is 2.40. The molecule has 6 heteroatoms. The first-order valence-corrected chi connectivity index (χ1v) is 6.36. The zero-order valence-corrected chi connectivity index (χ0v) is 10.9. The van der Waals surface area contributed by atoms with E-state index in [2.05, 4.69) is 5.10 Å². The van der Waals surface area contributed by atoms with E-state index in [1.54, 1.807) is 24.4 Å². The summed E-state index contributed by atoms with van der Waals surface area (Å²) < 4.78 is 24.9. The van der Waals surface area contributed by atoms with Crippen molar-refractivity contribution in [1.29, 1.82) is 0 Å². The molecule has 1 aromatic heterocycles. The number of nitrogens with two attached hydrogens (primary N) is 1. The van der Waals surface area contributed by atoms with Gasteiger partial charge in [-0.05, 0) is 12.5 Å². The first-order valence-electron chi connectivity index (χ1n) is 5.48. The van der Waals surface area contributed by atoms with Crippen molar-refractivity contribution in [3.8, 4) is 16.2 Å². The standard InChI is InChI=1S/C13H12F2N2OS/c1-7(17-16)10-6-19-12(11(10)18)8-2-4-9(5-3-8)13(14)15/h2-6,13,18H,16H2,1H3/b17-7+. The fraction of sp³-hybridized carbons (Fsp3) is 0.154. The van der Waals surface area contributed by atoms with Crippen LogP contribution in [0.25, 0.3) is 10.4 Å². The molecule has 100 valence electrons. The predicted molar refractivity (Wildman–Crippen MR) is 72.8 cm³/mol. The summed E-state index contributed by atoms with van der Waals surface area (Å²) in [5.74, 6) is 5.24. The lowest BCUT2D eigenvalue weighted by Crippen LogP contribution is -1.96. The highest BCUT2D eigenvalue weighted by molar-refractivity contribution is 7.14. The van der Waals surface area contributed by atoms with E-state index in [0.29, 0.717) is 21.7 Å². The van der Waals surface area contributed by atoms with Gasteiger partial charge in [0.05, 0.1) is 16.2 Å². The Kier molecular flexibility index (Phi) is 3.80. The van der Waals surface area contributed by atoms with Crippen LogP contribution in [0.5, 0.6) is 5.75 Å². The molecule has 0 unspecified atom stereocenters. The minimum absolute atomic E-state index is 0.0419. The average Bonchev–Trinajstić information content (AvgIpc) is 2.80. The van der Waals surface area contributed by atoms with E-state index in [9.17, 15) is 13.9 Å². The van der Waals surface area contributed by atoms with Gasteiger partial charge in [-0.15, -0.1) is 11.3 Å². The quantitative estimate of drug-likeness (QED) is 0.512. The highest BCUT2D eigenvalue weighted by Crippen LogP contribution is 2.39. The number of hydrogen-bond donors (Lipinski definition) is 2. The molecule has 0 bridgehead atoms. The van der Waals surface area contributed by atoms with Gasteiger partial charge in [0.25, 0.3) is 6.43 Å². The van der Waals surface area contributed by atoms with Crippen LogP contribution in [0.1, 0.15) is 24.5 Å². The molecule has 2 rings (SSSR count). The van der Waals surface area contributed by atoms with Crippen LogP contribution in [-0.2, 0) is 0 Å². The summed E-state index contributed by atoms with van der Waals surface area (Å²) in [4.78, 5) is 0.610. The van der Waals surface area contributed by atoms with Gasteiger partial charge in [0.15, 0.2) is 0 Å². The van der Waals surface area contributed by atoms with Gasteiger partial charge in [-0.25, -0.2) is 8.78 Å². The molecule has 0 aliphatic carbocycles. The number of thiophene rings is 1. The number of hydrazone groups is 1. The first kappa shape index (κ1) is 13.5. The van der Waals surface area contributed by atoms with Crippen LogP contribution in [-0.4, -0.2) is 10.8 Å². The molecule has 2 aromatic rings. The van der Waals surface area contributed by atoms with Gasteiger partial charge in [0, 0.05) is 10.9 Å². The summed E-state index contributed by atoms with van der Waals surface area (Å²) in [6.07, 6.45) is -2.49. The fourth-order valence-electron chi connectivity index (χ4n) is 1.66. The SMILES string of the molecule is C/C(=N\N)c1csc(-c2ccc(C(F)F)cc2)c1O. The largest absolute Gasteiger partial charge is 0.506 e. The number of hydrogen-bond acceptors (Lipinski definition) is 4. The summed E-state index contributed by atoms with van der Waals surface area (Å²) in [6.45, 7) is 1.69. The molecule has 0 spiro atoms. The smallest absolute Gasteiger partial charge is 0.263 e. The maximum absolute atomic E-state index is 12.5. The minimum Gasteiger partial charge on any atom is -0.506 e. The third-order valence-corrected chi connectivity index (χ3v) is 3.79. The molecule has 0 amide bonds.